The summed E-state index contributed by atoms with van der Waals surface area (Å²) in [5.74, 6) is -0.147. The summed E-state index contributed by atoms with van der Waals surface area (Å²) in [4.78, 5) is 21.9. The van der Waals surface area contributed by atoms with Crippen LogP contribution in [0, 0.1) is 0 Å². The lowest BCUT2D eigenvalue weighted by Gasteiger charge is -2.02. The summed E-state index contributed by atoms with van der Waals surface area (Å²) in [5.41, 5.74) is 9.17. The molecule has 0 saturated carbocycles. The van der Waals surface area contributed by atoms with Crippen LogP contribution in [0.4, 0.5) is 5.82 Å². The van der Waals surface area contributed by atoms with Gasteiger partial charge in [0.05, 0.1) is 17.2 Å². The molecule has 8 nitrogen and oxygen atoms in total. The van der Waals surface area contributed by atoms with Gasteiger partial charge in [-0.15, -0.1) is 6.58 Å². The molecule has 0 spiro atoms. The van der Waals surface area contributed by atoms with Gasteiger partial charge in [-0.2, -0.15) is 9.78 Å². The molecule has 1 amide bonds. The summed E-state index contributed by atoms with van der Waals surface area (Å²) in [6.07, 6.45) is 3.10. The molecule has 0 aliphatic carbocycles. The molecule has 4 rings (SSSR count). The molecule has 4 aromatic rings. The van der Waals surface area contributed by atoms with Crippen LogP contribution in [-0.4, -0.2) is 38.4 Å². The van der Waals surface area contributed by atoms with E-state index in [4.69, 9.17) is 5.73 Å². The van der Waals surface area contributed by atoms with Gasteiger partial charge in [-0.25, -0.2) is 9.97 Å². The van der Waals surface area contributed by atoms with E-state index in [0.29, 0.717) is 34.3 Å². The fourth-order valence-corrected chi connectivity index (χ4v) is 2.97. The Morgan fingerprint density at radius 3 is 2.69 bits per heavy atom. The van der Waals surface area contributed by atoms with Crippen molar-refractivity contribution in [2.75, 3.05) is 12.3 Å². The van der Waals surface area contributed by atoms with Crippen molar-refractivity contribution in [1.29, 1.82) is 0 Å². The predicted octanol–water partition coefficient (Wildman–Crippen LogP) is 2.67. The number of anilines is 1. The van der Waals surface area contributed by atoms with Crippen molar-refractivity contribution >= 4 is 40.1 Å². The van der Waals surface area contributed by atoms with Crippen molar-refractivity contribution in [2.45, 2.75) is 0 Å². The lowest BCUT2D eigenvalue weighted by molar-refractivity contribution is 0.0960. The molecule has 4 N–H and O–H groups in total. The Bertz CT molecular complexity index is 1280. The van der Waals surface area contributed by atoms with E-state index in [9.17, 15) is 9.90 Å². The van der Waals surface area contributed by atoms with Crippen LogP contribution in [-0.2, 0) is 0 Å². The van der Waals surface area contributed by atoms with Gasteiger partial charge < -0.3 is 16.2 Å². The molecule has 0 unspecified atom stereocenters. The van der Waals surface area contributed by atoms with E-state index in [0.717, 1.165) is 0 Å². The molecule has 0 aliphatic heterocycles. The Kier molecular flexibility index (Phi) is 4.66. The van der Waals surface area contributed by atoms with Crippen LogP contribution in [0.3, 0.4) is 0 Å². The molecule has 144 valence electrons. The van der Waals surface area contributed by atoms with E-state index in [2.05, 4.69) is 27.0 Å². The van der Waals surface area contributed by atoms with E-state index in [1.54, 1.807) is 30.3 Å². The smallest absolute Gasteiger partial charge is 0.257 e. The van der Waals surface area contributed by atoms with E-state index < -0.39 is 0 Å². The lowest BCUT2D eigenvalue weighted by Crippen LogP contribution is -2.24. The fourth-order valence-electron chi connectivity index (χ4n) is 2.97. The van der Waals surface area contributed by atoms with Crippen LogP contribution < -0.4 is 11.1 Å². The minimum atomic E-state index is -0.386. The Morgan fingerprint density at radius 2 is 1.97 bits per heavy atom. The van der Waals surface area contributed by atoms with Gasteiger partial charge >= 0.3 is 0 Å². The highest BCUT2D eigenvalue weighted by Crippen LogP contribution is 2.27. The van der Waals surface area contributed by atoms with Crippen LogP contribution in [0.15, 0.2) is 66.3 Å². The molecule has 0 radical (unpaired) electrons. The van der Waals surface area contributed by atoms with Gasteiger partial charge in [0, 0.05) is 6.54 Å². The quantitative estimate of drug-likeness (QED) is 0.360. The van der Waals surface area contributed by atoms with Crippen molar-refractivity contribution in [3.63, 3.8) is 0 Å². The SMILES string of the molecule is C=CCNC(=O)c1c(N)n(/N=C\c2cccc(O)c2)c2nc3ccccc3nc12. The number of amides is 1. The molecule has 29 heavy (non-hydrogen) atoms. The molecular weight excluding hydrogens is 368 g/mol. The zero-order chi connectivity index (χ0) is 20.4. The first-order valence-corrected chi connectivity index (χ1v) is 8.87. The Morgan fingerprint density at radius 1 is 1.21 bits per heavy atom. The number of fused-ring (bicyclic) bond motifs is 2. The van der Waals surface area contributed by atoms with Gasteiger partial charge in [-0.1, -0.05) is 30.3 Å². The molecule has 0 bridgehead atoms. The van der Waals surface area contributed by atoms with E-state index in [1.807, 2.05) is 24.3 Å². The van der Waals surface area contributed by atoms with E-state index >= 15 is 0 Å². The van der Waals surface area contributed by atoms with Crippen LogP contribution in [0.5, 0.6) is 5.75 Å². The van der Waals surface area contributed by atoms with Gasteiger partial charge in [0.25, 0.3) is 5.91 Å². The third-order valence-electron chi connectivity index (χ3n) is 4.30. The second-order valence-electron chi connectivity index (χ2n) is 6.29. The number of nitrogen functional groups attached to an aromatic ring is 1. The zero-order valence-corrected chi connectivity index (χ0v) is 15.4. The predicted molar refractivity (Wildman–Crippen MR) is 113 cm³/mol. The number of phenolic OH excluding ortho intramolecular Hbond substituents is 1. The van der Waals surface area contributed by atoms with Gasteiger partial charge in [-0.05, 0) is 29.8 Å². The third-order valence-corrected chi connectivity index (χ3v) is 4.30. The average Bonchev–Trinajstić information content (AvgIpc) is 2.99. The van der Waals surface area contributed by atoms with Crippen LogP contribution >= 0.6 is 0 Å². The number of hydrogen-bond acceptors (Lipinski definition) is 6. The number of nitrogens with one attached hydrogen (secondary N) is 1. The number of para-hydroxylation sites is 2. The number of nitrogens with two attached hydrogens (primary N) is 1. The fraction of sp³-hybridized carbons (Fsp3) is 0.0476. The van der Waals surface area contributed by atoms with E-state index in [1.165, 1.54) is 10.9 Å². The Labute approximate surface area is 166 Å². The molecule has 8 heteroatoms. The number of hydrogen-bond donors (Lipinski definition) is 3. The van der Waals surface area contributed by atoms with Gasteiger partial charge in [0.2, 0.25) is 0 Å². The monoisotopic (exact) mass is 386 g/mol. The van der Waals surface area contributed by atoms with Crippen molar-refractivity contribution < 1.29 is 9.90 Å². The highest BCUT2D eigenvalue weighted by molar-refractivity contribution is 6.10. The number of benzene rings is 2. The minimum Gasteiger partial charge on any atom is -0.508 e. The van der Waals surface area contributed by atoms with Crippen molar-refractivity contribution in [1.82, 2.24) is 20.0 Å². The maximum Gasteiger partial charge on any atom is 0.257 e. The number of aromatic nitrogens is 3. The molecule has 0 aliphatic rings. The summed E-state index contributed by atoms with van der Waals surface area (Å²) in [5, 5.41) is 16.7. The number of nitrogens with zero attached hydrogens (tertiary/aromatic N) is 4. The molecule has 2 heterocycles. The van der Waals surface area contributed by atoms with Crippen molar-refractivity contribution in [3.8, 4) is 5.75 Å². The number of phenols is 1. The lowest BCUT2D eigenvalue weighted by atomic mass is 10.2. The van der Waals surface area contributed by atoms with Crippen LogP contribution in [0.1, 0.15) is 15.9 Å². The third kappa shape index (κ3) is 3.39. The first-order chi connectivity index (χ1) is 14.1. The molecular formula is C21H18N6O2. The number of aromatic hydroxyl groups is 1. The van der Waals surface area contributed by atoms with Gasteiger partial charge in [0.1, 0.15) is 22.6 Å². The zero-order valence-electron chi connectivity index (χ0n) is 15.4. The Hall–Kier alpha value is -4.20. The average molecular weight is 386 g/mol. The molecule has 0 atom stereocenters. The van der Waals surface area contributed by atoms with Crippen LogP contribution in [0.25, 0.3) is 22.2 Å². The topological polar surface area (TPSA) is 118 Å². The molecule has 0 saturated heterocycles. The van der Waals surface area contributed by atoms with Crippen molar-refractivity contribution in [2.24, 2.45) is 5.10 Å². The normalized spacial score (nSPS) is 11.3. The second kappa shape index (κ2) is 7.43. The summed E-state index contributed by atoms with van der Waals surface area (Å²) in [6, 6.07) is 14.0. The number of carbonyl (C=O) groups excluding carboxylic acids is 1. The maximum atomic E-state index is 12.7. The maximum absolute atomic E-state index is 12.7. The second-order valence-corrected chi connectivity index (χ2v) is 6.29. The van der Waals surface area contributed by atoms with Crippen LogP contribution in [0.2, 0.25) is 0 Å². The summed E-state index contributed by atoms with van der Waals surface area (Å²) >= 11 is 0. The molecule has 0 fully saturated rings. The molecule has 2 aromatic heterocycles. The standard InChI is InChI=1S/C21H18N6O2/c1-2-10-23-21(29)17-18-20(26-16-9-4-3-8-15(16)25-18)27(19(17)22)24-12-13-6-5-7-14(28)11-13/h2-9,11-12,28H,1,10,22H2,(H,23,29)/b24-12-. The summed E-state index contributed by atoms with van der Waals surface area (Å²) in [7, 11) is 0. The first-order valence-electron chi connectivity index (χ1n) is 8.87. The van der Waals surface area contributed by atoms with Crippen molar-refractivity contribution in [3.05, 3.63) is 72.3 Å². The summed E-state index contributed by atoms with van der Waals surface area (Å²) in [6.45, 7) is 3.89. The van der Waals surface area contributed by atoms with E-state index in [-0.39, 0.29) is 23.0 Å². The highest BCUT2D eigenvalue weighted by atomic mass is 16.3. The van der Waals surface area contributed by atoms with Gasteiger partial charge in [-0.3, -0.25) is 4.79 Å². The first kappa shape index (κ1) is 18.2. The Balaban J connectivity index is 1.92. The highest BCUT2D eigenvalue weighted by Gasteiger charge is 2.23. The number of rotatable bonds is 5. The molecule has 2 aromatic carbocycles. The largest absolute Gasteiger partial charge is 0.508 e. The summed E-state index contributed by atoms with van der Waals surface area (Å²) < 4.78 is 1.38. The number of carbonyl (C=O) groups is 1. The van der Waals surface area contributed by atoms with Gasteiger partial charge in [0.15, 0.2) is 5.65 Å². The minimum absolute atomic E-state index is 0.119.